The Morgan fingerprint density at radius 1 is 1.39 bits per heavy atom. The number of halogens is 1. The second-order valence-corrected chi connectivity index (χ2v) is 5.42. The molecular weight excluding hydrogens is 229 g/mol. The van der Waals surface area contributed by atoms with Gasteiger partial charge in [0, 0.05) is 19.2 Å². The molecule has 0 aliphatic carbocycles. The Morgan fingerprint density at radius 3 is 2.83 bits per heavy atom. The van der Waals surface area contributed by atoms with Gasteiger partial charge in [0.2, 0.25) is 0 Å². The van der Waals surface area contributed by atoms with Crippen LogP contribution in [0, 0.1) is 18.7 Å². The molecule has 18 heavy (non-hydrogen) atoms. The van der Waals surface area contributed by atoms with Gasteiger partial charge in [-0.15, -0.1) is 0 Å². The molecule has 1 heterocycles. The monoisotopic (exact) mass is 251 g/mol. The summed E-state index contributed by atoms with van der Waals surface area (Å²) in [6.45, 7) is 7.69. The SMILES string of the molecule is Cc1ccc(C2CNC(C(C)C)CCO2)cc1F. The Hall–Kier alpha value is -0.930. The number of aryl methyl sites for hydroxylation is 1. The van der Waals surface area contributed by atoms with Crippen molar-refractivity contribution < 1.29 is 9.13 Å². The first-order valence-electron chi connectivity index (χ1n) is 6.69. The molecule has 1 aliphatic rings. The number of nitrogens with one attached hydrogen (secondary N) is 1. The van der Waals surface area contributed by atoms with Gasteiger partial charge >= 0.3 is 0 Å². The van der Waals surface area contributed by atoms with Crippen LogP contribution in [0.15, 0.2) is 18.2 Å². The number of rotatable bonds is 2. The molecule has 2 nitrogen and oxygen atoms in total. The Morgan fingerprint density at radius 2 is 2.17 bits per heavy atom. The zero-order chi connectivity index (χ0) is 13.1. The second kappa shape index (κ2) is 5.81. The average molecular weight is 251 g/mol. The third-order valence-electron chi connectivity index (χ3n) is 3.69. The molecule has 1 saturated heterocycles. The highest BCUT2D eigenvalue weighted by Crippen LogP contribution is 2.23. The molecule has 2 rings (SSSR count). The lowest BCUT2D eigenvalue weighted by Crippen LogP contribution is -2.34. The quantitative estimate of drug-likeness (QED) is 0.871. The van der Waals surface area contributed by atoms with Crippen LogP contribution in [0.5, 0.6) is 0 Å². The summed E-state index contributed by atoms with van der Waals surface area (Å²) in [7, 11) is 0. The smallest absolute Gasteiger partial charge is 0.126 e. The maximum absolute atomic E-state index is 13.6. The predicted octanol–water partition coefficient (Wildman–Crippen LogP) is 3.21. The molecule has 1 N–H and O–H groups in total. The topological polar surface area (TPSA) is 21.3 Å². The van der Waals surface area contributed by atoms with Crippen molar-refractivity contribution in [2.24, 2.45) is 5.92 Å². The van der Waals surface area contributed by atoms with E-state index in [1.165, 1.54) is 0 Å². The van der Waals surface area contributed by atoms with E-state index in [1.54, 1.807) is 13.0 Å². The van der Waals surface area contributed by atoms with Gasteiger partial charge in [0.25, 0.3) is 0 Å². The minimum atomic E-state index is -0.152. The summed E-state index contributed by atoms with van der Waals surface area (Å²) < 4.78 is 19.4. The van der Waals surface area contributed by atoms with Crippen LogP contribution in [-0.2, 0) is 4.74 Å². The summed E-state index contributed by atoms with van der Waals surface area (Å²) in [5.41, 5.74) is 1.61. The number of ether oxygens (including phenoxy) is 1. The van der Waals surface area contributed by atoms with Gasteiger partial charge in [-0.2, -0.15) is 0 Å². The first-order valence-corrected chi connectivity index (χ1v) is 6.69. The standard InChI is InChI=1S/C15H22FNO/c1-10(2)14-6-7-18-15(9-17-14)12-5-4-11(3)13(16)8-12/h4-5,8,10,14-15,17H,6-7,9H2,1-3H3. The van der Waals surface area contributed by atoms with E-state index in [9.17, 15) is 4.39 Å². The van der Waals surface area contributed by atoms with Crippen molar-refractivity contribution in [3.8, 4) is 0 Å². The van der Waals surface area contributed by atoms with Crippen LogP contribution in [0.4, 0.5) is 4.39 Å². The molecular formula is C15H22FNO. The Kier molecular flexibility index (Phi) is 4.36. The maximum Gasteiger partial charge on any atom is 0.126 e. The molecule has 1 aromatic carbocycles. The lowest BCUT2D eigenvalue weighted by atomic mass is 10.0. The predicted molar refractivity (Wildman–Crippen MR) is 71.1 cm³/mol. The summed E-state index contributed by atoms with van der Waals surface area (Å²) >= 11 is 0. The van der Waals surface area contributed by atoms with Gasteiger partial charge in [-0.25, -0.2) is 4.39 Å². The van der Waals surface area contributed by atoms with E-state index in [0.717, 1.165) is 25.1 Å². The van der Waals surface area contributed by atoms with Gasteiger partial charge in [0.1, 0.15) is 5.82 Å². The minimum Gasteiger partial charge on any atom is -0.372 e. The van der Waals surface area contributed by atoms with Gasteiger partial charge in [-0.3, -0.25) is 0 Å². The molecule has 2 unspecified atom stereocenters. The van der Waals surface area contributed by atoms with E-state index < -0.39 is 0 Å². The Bertz CT molecular complexity index is 405. The fraction of sp³-hybridized carbons (Fsp3) is 0.600. The van der Waals surface area contributed by atoms with Crippen LogP contribution < -0.4 is 5.32 Å². The van der Waals surface area contributed by atoms with Crippen molar-refractivity contribution in [2.45, 2.75) is 39.3 Å². The molecule has 0 bridgehead atoms. The van der Waals surface area contributed by atoms with Crippen molar-refractivity contribution in [2.75, 3.05) is 13.2 Å². The van der Waals surface area contributed by atoms with Gasteiger partial charge in [-0.05, 0) is 36.5 Å². The van der Waals surface area contributed by atoms with Crippen LogP contribution in [0.3, 0.4) is 0 Å². The molecule has 1 aromatic rings. The molecule has 0 aromatic heterocycles. The minimum absolute atomic E-state index is 0.0381. The van der Waals surface area contributed by atoms with Gasteiger partial charge in [-0.1, -0.05) is 26.0 Å². The highest BCUT2D eigenvalue weighted by Gasteiger charge is 2.22. The number of benzene rings is 1. The molecule has 3 heteroatoms. The lowest BCUT2D eigenvalue weighted by molar-refractivity contribution is 0.0658. The van der Waals surface area contributed by atoms with E-state index in [-0.39, 0.29) is 11.9 Å². The third-order valence-corrected chi connectivity index (χ3v) is 3.69. The van der Waals surface area contributed by atoms with Gasteiger partial charge in [0.05, 0.1) is 6.10 Å². The zero-order valence-corrected chi connectivity index (χ0v) is 11.4. The fourth-order valence-electron chi connectivity index (χ4n) is 2.35. The molecule has 0 amide bonds. The fourth-order valence-corrected chi connectivity index (χ4v) is 2.35. The number of hydrogen-bond acceptors (Lipinski definition) is 2. The summed E-state index contributed by atoms with van der Waals surface area (Å²) in [6.07, 6.45) is 0.978. The molecule has 0 saturated carbocycles. The van der Waals surface area contributed by atoms with E-state index in [1.807, 2.05) is 12.1 Å². The summed E-state index contributed by atoms with van der Waals surface area (Å²) in [5, 5.41) is 3.52. The normalized spacial score (nSPS) is 25.2. The second-order valence-electron chi connectivity index (χ2n) is 5.42. The van der Waals surface area contributed by atoms with Crippen molar-refractivity contribution in [3.63, 3.8) is 0 Å². The zero-order valence-electron chi connectivity index (χ0n) is 11.4. The van der Waals surface area contributed by atoms with E-state index in [4.69, 9.17) is 4.74 Å². The summed E-state index contributed by atoms with van der Waals surface area (Å²) in [4.78, 5) is 0. The van der Waals surface area contributed by atoms with E-state index >= 15 is 0 Å². The Balaban J connectivity index is 2.07. The molecule has 0 spiro atoms. The summed E-state index contributed by atoms with van der Waals surface area (Å²) in [5.74, 6) is 0.447. The van der Waals surface area contributed by atoms with E-state index in [0.29, 0.717) is 17.5 Å². The molecule has 1 aliphatic heterocycles. The maximum atomic E-state index is 13.6. The molecule has 2 atom stereocenters. The van der Waals surface area contributed by atoms with Crippen LogP contribution in [0.1, 0.15) is 37.5 Å². The first kappa shape index (κ1) is 13.5. The van der Waals surface area contributed by atoms with Crippen LogP contribution >= 0.6 is 0 Å². The van der Waals surface area contributed by atoms with E-state index in [2.05, 4.69) is 19.2 Å². The van der Waals surface area contributed by atoms with Crippen molar-refractivity contribution in [3.05, 3.63) is 35.1 Å². The summed E-state index contributed by atoms with van der Waals surface area (Å²) in [6, 6.07) is 5.86. The number of hydrogen-bond donors (Lipinski definition) is 1. The van der Waals surface area contributed by atoms with Gasteiger partial charge in [0.15, 0.2) is 0 Å². The molecule has 1 fully saturated rings. The van der Waals surface area contributed by atoms with Crippen LogP contribution in [0.25, 0.3) is 0 Å². The Labute approximate surface area is 109 Å². The molecule has 0 radical (unpaired) electrons. The van der Waals surface area contributed by atoms with Crippen LogP contribution in [0.2, 0.25) is 0 Å². The van der Waals surface area contributed by atoms with Crippen LogP contribution in [-0.4, -0.2) is 19.2 Å². The van der Waals surface area contributed by atoms with Crippen molar-refractivity contribution in [1.29, 1.82) is 0 Å². The lowest BCUT2D eigenvalue weighted by Gasteiger charge is -2.20. The van der Waals surface area contributed by atoms with Gasteiger partial charge < -0.3 is 10.1 Å². The first-order chi connectivity index (χ1) is 8.58. The average Bonchev–Trinajstić information content (AvgIpc) is 2.58. The largest absolute Gasteiger partial charge is 0.372 e. The highest BCUT2D eigenvalue weighted by molar-refractivity contribution is 5.25. The van der Waals surface area contributed by atoms with Crippen molar-refractivity contribution >= 4 is 0 Å². The third kappa shape index (κ3) is 3.09. The van der Waals surface area contributed by atoms with Crippen molar-refractivity contribution in [1.82, 2.24) is 5.32 Å². The molecule has 100 valence electrons. The highest BCUT2D eigenvalue weighted by atomic mass is 19.1.